The zero-order valence-corrected chi connectivity index (χ0v) is 9.08. The maximum Gasteiger partial charge on any atom is 0.0884 e. The average Bonchev–Trinajstić information content (AvgIpc) is 2.17. The van der Waals surface area contributed by atoms with Crippen LogP contribution in [0.4, 0.5) is 0 Å². The van der Waals surface area contributed by atoms with E-state index in [1.165, 1.54) is 5.56 Å². The molecule has 78 valence electrons. The van der Waals surface area contributed by atoms with Crippen LogP contribution in [0.25, 0.3) is 0 Å². The van der Waals surface area contributed by atoms with Crippen LogP contribution in [0.5, 0.6) is 0 Å². The number of ether oxygens (including phenoxy) is 1. The maximum absolute atomic E-state index is 4.99. The minimum absolute atomic E-state index is 0.508. The Kier molecular flexibility index (Phi) is 4.56. The van der Waals surface area contributed by atoms with E-state index >= 15 is 0 Å². The van der Waals surface area contributed by atoms with Crippen molar-refractivity contribution in [3.8, 4) is 0 Å². The Labute approximate surface area is 85.5 Å². The van der Waals surface area contributed by atoms with Crippen LogP contribution in [0, 0.1) is 0 Å². The zero-order chi connectivity index (χ0) is 10.4. The Balaban J connectivity index is 2.46. The molecule has 0 aromatic carbocycles. The lowest BCUT2D eigenvalue weighted by Crippen LogP contribution is -2.21. The first-order valence-electron chi connectivity index (χ1n) is 4.88. The Morgan fingerprint density at radius 1 is 1.43 bits per heavy atom. The minimum Gasteiger partial charge on any atom is -0.378 e. The Morgan fingerprint density at radius 2 is 2.21 bits per heavy atom. The largest absolute Gasteiger partial charge is 0.378 e. The molecule has 14 heavy (non-hydrogen) atoms. The van der Waals surface area contributed by atoms with Gasteiger partial charge in [-0.25, -0.2) is 0 Å². The molecule has 0 spiro atoms. The monoisotopic (exact) mass is 194 g/mol. The molecule has 0 fully saturated rings. The summed E-state index contributed by atoms with van der Waals surface area (Å²) in [4.78, 5) is 4.28. The highest BCUT2D eigenvalue weighted by molar-refractivity contribution is 5.13. The van der Waals surface area contributed by atoms with Crippen molar-refractivity contribution in [1.29, 1.82) is 0 Å². The number of pyridine rings is 1. The topological polar surface area (TPSA) is 34.1 Å². The van der Waals surface area contributed by atoms with Crippen molar-refractivity contribution >= 4 is 0 Å². The summed E-state index contributed by atoms with van der Waals surface area (Å²) in [7, 11) is 1.68. The van der Waals surface area contributed by atoms with Crippen LogP contribution in [0.2, 0.25) is 0 Å². The number of nitrogens with one attached hydrogen (secondary N) is 1. The van der Waals surface area contributed by atoms with Crippen molar-refractivity contribution in [2.24, 2.45) is 0 Å². The quantitative estimate of drug-likeness (QED) is 0.775. The number of nitrogens with zero attached hydrogens (tertiary/aromatic N) is 1. The molecule has 0 aliphatic rings. The summed E-state index contributed by atoms with van der Waals surface area (Å²) < 4.78 is 4.99. The second-order valence-corrected chi connectivity index (χ2v) is 3.63. The molecule has 0 amide bonds. The summed E-state index contributed by atoms with van der Waals surface area (Å²) >= 11 is 0. The molecule has 3 nitrogen and oxygen atoms in total. The molecule has 1 rings (SSSR count). The van der Waals surface area contributed by atoms with Gasteiger partial charge in [0.1, 0.15) is 0 Å². The number of aromatic nitrogens is 1. The molecule has 0 atom stereocenters. The normalized spacial score (nSPS) is 10.9. The molecular weight excluding hydrogens is 176 g/mol. The van der Waals surface area contributed by atoms with Crippen molar-refractivity contribution < 1.29 is 4.74 Å². The molecule has 0 aliphatic carbocycles. The molecule has 0 saturated carbocycles. The number of hydrogen-bond donors (Lipinski definition) is 1. The predicted octanol–water partition coefficient (Wildman–Crippen LogP) is 1.73. The van der Waals surface area contributed by atoms with E-state index in [1.54, 1.807) is 7.11 Å². The fraction of sp³-hybridized carbons (Fsp3) is 0.545. The van der Waals surface area contributed by atoms with Gasteiger partial charge in [0, 0.05) is 25.9 Å². The van der Waals surface area contributed by atoms with Crippen LogP contribution >= 0.6 is 0 Å². The molecule has 1 aromatic rings. The van der Waals surface area contributed by atoms with E-state index in [9.17, 15) is 0 Å². The SMILES string of the molecule is COCc1ccc(CNC(C)C)cn1. The highest BCUT2D eigenvalue weighted by atomic mass is 16.5. The zero-order valence-electron chi connectivity index (χ0n) is 9.08. The molecular formula is C11H18N2O. The van der Waals surface area contributed by atoms with Gasteiger partial charge in [-0.2, -0.15) is 0 Å². The predicted molar refractivity (Wildman–Crippen MR) is 56.9 cm³/mol. The lowest BCUT2D eigenvalue weighted by Gasteiger charge is -2.07. The molecule has 1 aromatic heterocycles. The van der Waals surface area contributed by atoms with Crippen LogP contribution in [0.15, 0.2) is 18.3 Å². The van der Waals surface area contributed by atoms with Crippen molar-refractivity contribution in [3.63, 3.8) is 0 Å². The summed E-state index contributed by atoms with van der Waals surface area (Å²) in [5.74, 6) is 0. The second-order valence-electron chi connectivity index (χ2n) is 3.63. The maximum atomic E-state index is 4.99. The standard InChI is InChI=1S/C11H18N2O/c1-9(2)12-6-10-4-5-11(8-14-3)13-7-10/h4-5,7,9,12H,6,8H2,1-3H3. The van der Waals surface area contributed by atoms with Crippen molar-refractivity contribution in [2.75, 3.05) is 7.11 Å². The number of methoxy groups -OCH3 is 1. The average molecular weight is 194 g/mol. The molecule has 1 heterocycles. The van der Waals surface area contributed by atoms with Crippen molar-refractivity contribution in [2.45, 2.75) is 33.0 Å². The first-order chi connectivity index (χ1) is 6.72. The summed E-state index contributed by atoms with van der Waals surface area (Å²) in [5.41, 5.74) is 2.18. The third-order valence-corrected chi connectivity index (χ3v) is 1.89. The molecule has 0 aliphatic heterocycles. The molecule has 0 saturated heterocycles. The summed E-state index contributed by atoms with van der Waals surface area (Å²) in [6.45, 7) is 5.72. The molecule has 0 bridgehead atoms. The Bertz CT molecular complexity index is 256. The first-order valence-corrected chi connectivity index (χ1v) is 4.88. The third-order valence-electron chi connectivity index (χ3n) is 1.89. The van der Waals surface area contributed by atoms with E-state index in [0.717, 1.165) is 12.2 Å². The van der Waals surface area contributed by atoms with Gasteiger partial charge in [-0.1, -0.05) is 19.9 Å². The van der Waals surface area contributed by atoms with Gasteiger partial charge in [0.25, 0.3) is 0 Å². The van der Waals surface area contributed by atoms with Gasteiger partial charge >= 0.3 is 0 Å². The molecule has 0 unspecified atom stereocenters. The van der Waals surface area contributed by atoms with Gasteiger partial charge in [-0.05, 0) is 11.6 Å². The number of rotatable bonds is 5. The third kappa shape index (κ3) is 3.85. The lowest BCUT2D eigenvalue weighted by molar-refractivity contribution is 0.181. The van der Waals surface area contributed by atoms with Crippen LogP contribution < -0.4 is 5.32 Å². The van der Waals surface area contributed by atoms with Crippen molar-refractivity contribution in [1.82, 2.24) is 10.3 Å². The van der Waals surface area contributed by atoms with Gasteiger partial charge in [0.15, 0.2) is 0 Å². The van der Waals surface area contributed by atoms with E-state index in [2.05, 4.69) is 30.2 Å². The summed E-state index contributed by atoms with van der Waals surface area (Å²) in [5, 5.41) is 3.34. The molecule has 3 heteroatoms. The second kappa shape index (κ2) is 5.73. The van der Waals surface area contributed by atoms with E-state index in [4.69, 9.17) is 4.74 Å². The van der Waals surface area contributed by atoms with Gasteiger partial charge in [0.05, 0.1) is 12.3 Å². The van der Waals surface area contributed by atoms with Crippen LogP contribution in [-0.2, 0) is 17.9 Å². The smallest absolute Gasteiger partial charge is 0.0884 e. The fourth-order valence-electron chi connectivity index (χ4n) is 1.11. The number of hydrogen-bond acceptors (Lipinski definition) is 3. The molecule has 1 N–H and O–H groups in total. The first kappa shape index (κ1) is 11.1. The minimum atomic E-state index is 0.508. The van der Waals surface area contributed by atoms with Gasteiger partial charge in [-0.15, -0.1) is 0 Å². The van der Waals surface area contributed by atoms with E-state index in [-0.39, 0.29) is 0 Å². The Morgan fingerprint density at radius 3 is 2.71 bits per heavy atom. The highest BCUT2D eigenvalue weighted by Gasteiger charge is 1.97. The van der Waals surface area contributed by atoms with Gasteiger partial charge in [-0.3, -0.25) is 4.98 Å². The summed E-state index contributed by atoms with van der Waals surface area (Å²) in [6.07, 6.45) is 1.89. The van der Waals surface area contributed by atoms with Crippen molar-refractivity contribution in [3.05, 3.63) is 29.6 Å². The van der Waals surface area contributed by atoms with E-state index in [1.807, 2.05) is 12.3 Å². The van der Waals surface area contributed by atoms with Gasteiger partial charge in [0.2, 0.25) is 0 Å². The van der Waals surface area contributed by atoms with E-state index < -0.39 is 0 Å². The summed E-state index contributed by atoms with van der Waals surface area (Å²) in [6, 6.07) is 4.59. The van der Waals surface area contributed by atoms with Crippen LogP contribution in [0.1, 0.15) is 25.1 Å². The van der Waals surface area contributed by atoms with Crippen LogP contribution in [0.3, 0.4) is 0 Å². The molecule has 0 radical (unpaired) electrons. The van der Waals surface area contributed by atoms with E-state index in [0.29, 0.717) is 12.6 Å². The lowest BCUT2D eigenvalue weighted by atomic mass is 10.2. The highest BCUT2D eigenvalue weighted by Crippen LogP contribution is 2.01. The fourth-order valence-corrected chi connectivity index (χ4v) is 1.11. The van der Waals surface area contributed by atoms with Gasteiger partial charge < -0.3 is 10.1 Å². The van der Waals surface area contributed by atoms with Crippen LogP contribution in [-0.4, -0.2) is 18.1 Å². The Hall–Kier alpha value is -0.930.